The molecule has 0 aromatic heterocycles. The number of carbonyl (C=O) groups is 2. The summed E-state index contributed by atoms with van der Waals surface area (Å²) >= 11 is 1.57. The second-order valence-corrected chi connectivity index (χ2v) is 9.47. The van der Waals surface area contributed by atoms with Gasteiger partial charge < -0.3 is 20.9 Å². The Hall–Kier alpha value is -2.35. The lowest BCUT2D eigenvalue weighted by Crippen LogP contribution is -2.68. The van der Waals surface area contributed by atoms with Gasteiger partial charge in [0.15, 0.2) is 0 Å². The zero-order chi connectivity index (χ0) is 22.6. The number of benzene rings is 1. The third kappa shape index (κ3) is 4.95. The fraction of sp³-hybridized carbons (Fsp3) is 0.524. The quantitative estimate of drug-likeness (QED) is 0.224. The summed E-state index contributed by atoms with van der Waals surface area (Å²) in [5.74, 6) is 0.608. The summed E-state index contributed by atoms with van der Waals surface area (Å²) in [4.78, 5) is 28.3. The predicted octanol–water partition coefficient (Wildman–Crippen LogP) is -1.78. The molecule has 2 saturated heterocycles. The van der Waals surface area contributed by atoms with E-state index < -0.39 is 0 Å². The van der Waals surface area contributed by atoms with Gasteiger partial charge in [-0.25, -0.2) is 0 Å². The minimum Gasteiger partial charge on any atom is -0.372 e. The van der Waals surface area contributed by atoms with E-state index in [1.54, 1.807) is 11.8 Å². The molecule has 0 spiro atoms. The van der Waals surface area contributed by atoms with E-state index in [2.05, 4.69) is 47.4 Å². The minimum absolute atomic E-state index is 0.105. The molecule has 8 N–H and O–H groups in total. The largest absolute Gasteiger partial charge is 0.372 e. The molecule has 178 valence electrons. The molecule has 3 unspecified atom stereocenters. The lowest BCUT2D eigenvalue weighted by molar-refractivity contribution is -0.116. The Morgan fingerprint density at radius 3 is 2.73 bits per heavy atom. The number of thioether (sulfide) groups is 1. The fourth-order valence-electron chi connectivity index (χ4n) is 4.63. The first kappa shape index (κ1) is 22.4. The minimum atomic E-state index is -0.142. The number of rotatable bonds is 6. The van der Waals surface area contributed by atoms with Crippen LogP contribution in [0.15, 0.2) is 29.3 Å². The molecule has 0 saturated carbocycles. The van der Waals surface area contributed by atoms with Crippen molar-refractivity contribution in [2.45, 2.75) is 24.9 Å². The van der Waals surface area contributed by atoms with Crippen molar-refractivity contribution in [3.63, 3.8) is 0 Å². The van der Waals surface area contributed by atoms with Crippen LogP contribution in [0, 0.1) is 0 Å². The van der Waals surface area contributed by atoms with Crippen LogP contribution in [0.1, 0.15) is 15.9 Å². The molecule has 4 aliphatic rings. The number of amides is 2. The molecule has 0 radical (unpaired) electrons. The van der Waals surface area contributed by atoms with E-state index in [0.717, 1.165) is 43.4 Å². The highest BCUT2D eigenvalue weighted by atomic mass is 32.2. The van der Waals surface area contributed by atoms with Crippen molar-refractivity contribution < 1.29 is 9.59 Å². The lowest BCUT2D eigenvalue weighted by Gasteiger charge is -2.42. The Labute approximate surface area is 197 Å². The van der Waals surface area contributed by atoms with Crippen molar-refractivity contribution in [3.05, 3.63) is 40.4 Å². The zero-order valence-corrected chi connectivity index (χ0v) is 19.2. The van der Waals surface area contributed by atoms with Crippen molar-refractivity contribution in [2.24, 2.45) is 0 Å². The fourth-order valence-corrected chi connectivity index (χ4v) is 5.57. The van der Waals surface area contributed by atoms with Crippen LogP contribution in [0.4, 0.5) is 5.69 Å². The van der Waals surface area contributed by atoms with Gasteiger partial charge in [-0.15, -0.1) is 11.8 Å². The second kappa shape index (κ2) is 10.3. The maximum Gasteiger partial charge on any atom is 0.259 e. The molecule has 3 atom stereocenters. The number of para-hydroxylation sites is 1. The molecule has 1 aromatic rings. The molecule has 11 nitrogen and oxygen atoms in total. The van der Waals surface area contributed by atoms with Crippen LogP contribution in [0.25, 0.3) is 0 Å². The first-order chi connectivity index (χ1) is 16.2. The monoisotopic (exact) mass is 473 g/mol. The van der Waals surface area contributed by atoms with Crippen LogP contribution < -0.4 is 42.5 Å². The number of nitrogens with one attached hydrogen (secondary N) is 8. The van der Waals surface area contributed by atoms with Crippen molar-refractivity contribution in [1.29, 1.82) is 0 Å². The predicted molar refractivity (Wildman–Crippen MR) is 128 cm³/mol. The Bertz CT molecular complexity index is 927. The van der Waals surface area contributed by atoms with E-state index in [4.69, 9.17) is 0 Å². The smallest absolute Gasteiger partial charge is 0.259 e. The van der Waals surface area contributed by atoms with Crippen molar-refractivity contribution >= 4 is 29.3 Å². The first-order valence-electron chi connectivity index (χ1n) is 11.4. The van der Waals surface area contributed by atoms with E-state index in [1.165, 1.54) is 0 Å². The van der Waals surface area contributed by atoms with Gasteiger partial charge in [-0.3, -0.25) is 36.2 Å². The van der Waals surface area contributed by atoms with Gasteiger partial charge in [-0.2, -0.15) is 0 Å². The summed E-state index contributed by atoms with van der Waals surface area (Å²) in [5.41, 5.74) is 2.58. The van der Waals surface area contributed by atoms with Crippen LogP contribution in [0.2, 0.25) is 0 Å². The van der Waals surface area contributed by atoms with E-state index in [0.29, 0.717) is 30.2 Å². The third-order valence-corrected chi connectivity index (χ3v) is 7.25. The molecule has 33 heavy (non-hydrogen) atoms. The number of fused-ring (bicyclic) bond motifs is 2. The van der Waals surface area contributed by atoms with Gasteiger partial charge in [-0.05, 0) is 11.6 Å². The van der Waals surface area contributed by atoms with E-state index in [-0.39, 0.29) is 30.2 Å². The van der Waals surface area contributed by atoms with Crippen LogP contribution in [-0.2, 0) is 11.3 Å². The molecular formula is C21H31N9O2S. The summed E-state index contributed by atoms with van der Waals surface area (Å²) < 4.78 is 0. The van der Waals surface area contributed by atoms with E-state index in [9.17, 15) is 9.59 Å². The standard InChI is InChI=1S/C21H31N9O2S/c31-20(14-3-1-2-13-8-22-10-25-16(13)14)23-4-5-24-21(32)15-9-30(6-7-33-15)19-17-18(27-11-26-17)28-12-29-19/h1-3,9,17-19,22,25-29H,4-8,10-12H2,(H,23,31)(H,24,32). The van der Waals surface area contributed by atoms with Crippen molar-refractivity contribution in [1.82, 2.24) is 42.1 Å². The van der Waals surface area contributed by atoms with Crippen molar-refractivity contribution in [3.8, 4) is 0 Å². The molecule has 2 fully saturated rings. The zero-order valence-electron chi connectivity index (χ0n) is 18.4. The Kier molecular flexibility index (Phi) is 6.99. The number of nitrogens with zero attached hydrogens (tertiary/aromatic N) is 1. The highest BCUT2D eigenvalue weighted by Gasteiger charge is 2.39. The van der Waals surface area contributed by atoms with Gasteiger partial charge in [0.05, 0.1) is 41.2 Å². The van der Waals surface area contributed by atoms with Gasteiger partial charge in [0, 0.05) is 51.5 Å². The molecule has 4 aliphatic heterocycles. The number of anilines is 1. The summed E-state index contributed by atoms with van der Waals surface area (Å²) in [6.07, 6.45) is 2.30. The van der Waals surface area contributed by atoms with Gasteiger partial charge in [0.1, 0.15) is 0 Å². The normalized spacial score (nSPS) is 26.5. The molecule has 1 aromatic carbocycles. The number of hydrogen-bond donors (Lipinski definition) is 8. The van der Waals surface area contributed by atoms with Crippen molar-refractivity contribution in [2.75, 3.05) is 50.7 Å². The van der Waals surface area contributed by atoms with Crippen LogP contribution in [0.5, 0.6) is 0 Å². The molecular weight excluding hydrogens is 442 g/mol. The average Bonchev–Trinajstić information content (AvgIpc) is 3.35. The van der Waals surface area contributed by atoms with Gasteiger partial charge in [0.25, 0.3) is 11.8 Å². The maximum absolute atomic E-state index is 12.7. The highest BCUT2D eigenvalue weighted by Crippen LogP contribution is 2.25. The molecule has 12 heteroatoms. The van der Waals surface area contributed by atoms with Crippen LogP contribution in [0.3, 0.4) is 0 Å². The number of hydrogen-bond acceptors (Lipinski definition) is 10. The summed E-state index contributed by atoms with van der Waals surface area (Å²) in [6, 6.07) is 5.94. The van der Waals surface area contributed by atoms with E-state index in [1.807, 2.05) is 24.4 Å². The molecule has 2 amide bonds. The Morgan fingerprint density at radius 2 is 1.85 bits per heavy atom. The Balaban J connectivity index is 1.12. The van der Waals surface area contributed by atoms with Gasteiger partial charge in [-0.1, -0.05) is 12.1 Å². The topological polar surface area (TPSA) is 134 Å². The molecule has 0 aliphatic carbocycles. The highest BCUT2D eigenvalue weighted by molar-refractivity contribution is 8.04. The summed E-state index contributed by atoms with van der Waals surface area (Å²) in [5, 5.41) is 26.1. The molecule has 5 rings (SSSR count). The van der Waals surface area contributed by atoms with Gasteiger partial charge in [0.2, 0.25) is 0 Å². The SMILES string of the molecule is O=C(NCCNC(=O)c1cccc2c1NCNC2)C1=CN(C2NCNC3NCNC32)CCS1. The first-order valence-corrected chi connectivity index (χ1v) is 12.4. The number of carbonyl (C=O) groups excluding carboxylic acids is 2. The maximum atomic E-state index is 12.7. The molecule has 0 bridgehead atoms. The second-order valence-electron chi connectivity index (χ2n) is 8.33. The molecule has 4 heterocycles. The Morgan fingerprint density at radius 1 is 1.03 bits per heavy atom. The van der Waals surface area contributed by atoms with E-state index >= 15 is 0 Å². The lowest BCUT2D eigenvalue weighted by atomic mass is 10.0. The van der Waals surface area contributed by atoms with Crippen LogP contribution in [-0.4, -0.2) is 80.5 Å². The third-order valence-electron chi connectivity index (χ3n) is 6.26. The van der Waals surface area contributed by atoms with Crippen LogP contribution >= 0.6 is 11.8 Å². The summed E-state index contributed by atoms with van der Waals surface area (Å²) in [6.45, 7) is 4.48. The summed E-state index contributed by atoms with van der Waals surface area (Å²) in [7, 11) is 0. The van der Waals surface area contributed by atoms with Gasteiger partial charge >= 0.3 is 0 Å². The average molecular weight is 474 g/mol.